The van der Waals surface area contributed by atoms with Crippen LogP contribution in [0.3, 0.4) is 0 Å². The third-order valence-electron chi connectivity index (χ3n) is 4.31. The van der Waals surface area contributed by atoms with E-state index in [0.29, 0.717) is 11.8 Å². The highest BCUT2D eigenvalue weighted by Crippen LogP contribution is 2.24. The number of carbonyl (C=O) groups excluding carboxylic acids is 1. The van der Waals surface area contributed by atoms with Crippen LogP contribution in [-0.2, 0) is 9.63 Å². The fourth-order valence-electron chi connectivity index (χ4n) is 3.22. The highest BCUT2D eigenvalue weighted by atomic mass is 16.6. The maximum Gasteiger partial charge on any atom is 0.263 e. The zero-order chi connectivity index (χ0) is 18.1. The van der Waals surface area contributed by atoms with Crippen molar-refractivity contribution in [3.63, 3.8) is 0 Å². The van der Waals surface area contributed by atoms with E-state index in [9.17, 15) is 4.79 Å². The minimum Gasteiger partial charge on any atom is -0.486 e. The molecule has 25 heavy (non-hydrogen) atoms. The number of para-hydroxylation sites is 1. The van der Waals surface area contributed by atoms with Crippen LogP contribution >= 0.6 is 0 Å². The third kappa shape index (κ3) is 6.29. The van der Waals surface area contributed by atoms with Gasteiger partial charge in [-0.1, -0.05) is 42.6 Å². The largest absolute Gasteiger partial charge is 0.486 e. The van der Waals surface area contributed by atoms with Gasteiger partial charge in [-0.25, -0.2) is 0 Å². The molecule has 0 unspecified atom stereocenters. The number of hydrogen-bond acceptors (Lipinski definition) is 4. The van der Waals surface area contributed by atoms with Crippen molar-refractivity contribution < 1.29 is 14.4 Å². The molecule has 0 heterocycles. The van der Waals surface area contributed by atoms with Gasteiger partial charge in [-0.2, -0.15) is 0 Å². The third-order valence-corrected chi connectivity index (χ3v) is 4.31. The highest BCUT2D eigenvalue weighted by Gasteiger charge is 2.27. The number of amidine groups is 1. The van der Waals surface area contributed by atoms with Gasteiger partial charge in [0.1, 0.15) is 12.4 Å². The Hall–Kier alpha value is -2.24. The summed E-state index contributed by atoms with van der Waals surface area (Å²) < 4.78 is 5.48. The predicted molar refractivity (Wildman–Crippen MR) is 98.4 cm³/mol. The standard InChI is InChI=1S/C19H29N3O3/c1-15(2)22(16-9-5-3-6-10-16)19(23)14-25-21-18(20)13-24-17-11-7-4-8-12-17/h4,7-8,11-12,15-16H,3,5-6,9-10,13-14H2,1-2H3,(H2,20,21). The molecule has 0 saturated heterocycles. The first-order valence-corrected chi connectivity index (χ1v) is 9.01. The lowest BCUT2D eigenvalue weighted by molar-refractivity contribution is -0.141. The topological polar surface area (TPSA) is 77.2 Å². The van der Waals surface area contributed by atoms with Crippen LogP contribution in [-0.4, -0.2) is 41.9 Å². The molecule has 1 amide bonds. The number of ether oxygens (including phenoxy) is 1. The molecule has 1 saturated carbocycles. The molecule has 1 aromatic carbocycles. The zero-order valence-corrected chi connectivity index (χ0v) is 15.2. The molecule has 138 valence electrons. The molecular weight excluding hydrogens is 318 g/mol. The van der Waals surface area contributed by atoms with E-state index in [1.165, 1.54) is 19.3 Å². The van der Waals surface area contributed by atoms with Crippen molar-refractivity contribution in [1.82, 2.24) is 4.90 Å². The molecule has 0 bridgehead atoms. The molecular formula is C19H29N3O3. The minimum absolute atomic E-state index is 0.0394. The number of carbonyl (C=O) groups is 1. The van der Waals surface area contributed by atoms with Gasteiger partial charge in [0.2, 0.25) is 0 Å². The quantitative estimate of drug-likeness (QED) is 0.446. The van der Waals surface area contributed by atoms with Crippen molar-refractivity contribution in [2.75, 3.05) is 13.2 Å². The summed E-state index contributed by atoms with van der Waals surface area (Å²) in [6.07, 6.45) is 5.77. The maximum absolute atomic E-state index is 12.5. The van der Waals surface area contributed by atoms with Crippen LogP contribution < -0.4 is 10.5 Å². The van der Waals surface area contributed by atoms with E-state index in [1.807, 2.05) is 49.1 Å². The lowest BCUT2D eigenvalue weighted by Gasteiger charge is -2.37. The van der Waals surface area contributed by atoms with Crippen molar-refractivity contribution in [3.8, 4) is 5.75 Å². The summed E-state index contributed by atoms with van der Waals surface area (Å²) in [6, 6.07) is 9.80. The summed E-state index contributed by atoms with van der Waals surface area (Å²) in [6.45, 7) is 4.10. The number of nitrogens with two attached hydrogens (primary N) is 1. The van der Waals surface area contributed by atoms with E-state index in [2.05, 4.69) is 5.16 Å². The van der Waals surface area contributed by atoms with E-state index in [4.69, 9.17) is 15.3 Å². The number of nitrogens with zero attached hydrogens (tertiary/aromatic N) is 2. The van der Waals surface area contributed by atoms with Gasteiger partial charge in [-0.05, 0) is 38.8 Å². The van der Waals surface area contributed by atoms with Gasteiger partial charge >= 0.3 is 0 Å². The average Bonchev–Trinajstić information content (AvgIpc) is 2.61. The van der Waals surface area contributed by atoms with Gasteiger partial charge in [-0.15, -0.1) is 0 Å². The normalized spacial score (nSPS) is 15.9. The van der Waals surface area contributed by atoms with Crippen molar-refractivity contribution in [3.05, 3.63) is 30.3 Å². The zero-order valence-electron chi connectivity index (χ0n) is 15.2. The molecule has 2 N–H and O–H groups in total. The van der Waals surface area contributed by atoms with Gasteiger partial charge in [0.05, 0.1) is 0 Å². The molecule has 1 fully saturated rings. The van der Waals surface area contributed by atoms with Crippen molar-refractivity contribution in [1.29, 1.82) is 0 Å². The Kier molecular flexibility index (Phi) is 7.57. The molecule has 0 atom stereocenters. The van der Waals surface area contributed by atoms with Crippen LogP contribution in [0.2, 0.25) is 0 Å². The number of oxime groups is 1. The molecule has 1 aromatic rings. The second-order valence-corrected chi connectivity index (χ2v) is 6.64. The summed E-state index contributed by atoms with van der Waals surface area (Å²) >= 11 is 0. The van der Waals surface area contributed by atoms with Crippen LogP contribution in [0, 0.1) is 0 Å². The monoisotopic (exact) mass is 347 g/mol. The highest BCUT2D eigenvalue weighted by molar-refractivity contribution is 5.81. The van der Waals surface area contributed by atoms with Gasteiger partial charge < -0.3 is 20.2 Å². The minimum atomic E-state index is -0.0965. The Morgan fingerprint density at radius 2 is 1.88 bits per heavy atom. The van der Waals surface area contributed by atoms with Crippen molar-refractivity contribution in [2.45, 2.75) is 58.0 Å². The number of hydrogen-bond donors (Lipinski definition) is 1. The summed E-state index contributed by atoms with van der Waals surface area (Å²) in [7, 11) is 0. The number of rotatable bonds is 8. The van der Waals surface area contributed by atoms with E-state index in [0.717, 1.165) is 12.8 Å². The molecule has 0 aromatic heterocycles. The van der Waals surface area contributed by atoms with E-state index in [1.54, 1.807) is 0 Å². The lowest BCUT2D eigenvalue weighted by atomic mass is 9.93. The Balaban J connectivity index is 1.78. The predicted octanol–water partition coefficient (Wildman–Crippen LogP) is 2.92. The van der Waals surface area contributed by atoms with Crippen molar-refractivity contribution >= 4 is 11.7 Å². The summed E-state index contributed by atoms with van der Waals surface area (Å²) in [4.78, 5) is 19.6. The molecule has 0 aliphatic heterocycles. The van der Waals surface area contributed by atoms with Gasteiger partial charge in [0.25, 0.3) is 5.91 Å². The fourth-order valence-corrected chi connectivity index (χ4v) is 3.22. The second kappa shape index (κ2) is 9.91. The fraction of sp³-hybridized carbons (Fsp3) is 0.579. The molecule has 1 aliphatic carbocycles. The molecule has 1 aliphatic rings. The Labute approximate surface area is 150 Å². The number of benzene rings is 1. The van der Waals surface area contributed by atoms with E-state index < -0.39 is 0 Å². The summed E-state index contributed by atoms with van der Waals surface area (Å²) in [5.41, 5.74) is 5.76. The average molecular weight is 347 g/mol. The number of amides is 1. The van der Waals surface area contributed by atoms with Crippen LogP contribution in [0.5, 0.6) is 5.75 Å². The van der Waals surface area contributed by atoms with Crippen molar-refractivity contribution in [2.24, 2.45) is 10.9 Å². The first-order chi connectivity index (χ1) is 12.1. The Bertz CT molecular complexity index is 554. The maximum atomic E-state index is 12.5. The smallest absolute Gasteiger partial charge is 0.263 e. The first-order valence-electron chi connectivity index (χ1n) is 9.01. The molecule has 2 rings (SSSR count). The molecule has 0 spiro atoms. The Morgan fingerprint density at radius 3 is 2.52 bits per heavy atom. The van der Waals surface area contributed by atoms with Crippen LogP contribution in [0.15, 0.2) is 35.5 Å². The molecule has 6 nitrogen and oxygen atoms in total. The SMILES string of the molecule is CC(C)N(C(=O)CO/N=C(/N)COc1ccccc1)C1CCCCC1. The molecule has 0 radical (unpaired) electrons. The second-order valence-electron chi connectivity index (χ2n) is 6.64. The summed E-state index contributed by atoms with van der Waals surface area (Å²) in [5.74, 6) is 0.868. The Morgan fingerprint density at radius 1 is 1.20 bits per heavy atom. The van der Waals surface area contributed by atoms with Crippen LogP contribution in [0.1, 0.15) is 46.0 Å². The van der Waals surface area contributed by atoms with Gasteiger partial charge in [-0.3, -0.25) is 4.79 Å². The first kappa shape index (κ1) is 19.1. The van der Waals surface area contributed by atoms with E-state index in [-0.39, 0.29) is 31.0 Å². The van der Waals surface area contributed by atoms with Crippen LogP contribution in [0.4, 0.5) is 0 Å². The van der Waals surface area contributed by atoms with E-state index >= 15 is 0 Å². The summed E-state index contributed by atoms with van der Waals surface area (Å²) in [5, 5.41) is 3.79. The van der Waals surface area contributed by atoms with Crippen LogP contribution in [0.25, 0.3) is 0 Å². The van der Waals surface area contributed by atoms with Gasteiger partial charge in [0.15, 0.2) is 12.4 Å². The lowest BCUT2D eigenvalue weighted by Crippen LogP contribution is -2.47. The van der Waals surface area contributed by atoms with Gasteiger partial charge in [0, 0.05) is 12.1 Å². The molecule has 6 heteroatoms.